The molecule has 0 bridgehead atoms. The molecule has 3 rings (SSSR count). The van der Waals surface area contributed by atoms with E-state index in [-0.39, 0.29) is 18.1 Å². The largest absolute Gasteiger partial charge is 0.481 e. The molecule has 7 nitrogen and oxygen atoms in total. The number of sulfone groups is 1. The molecule has 0 aromatic heterocycles. The predicted octanol–water partition coefficient (Wildman–Crippen LogP) is 5.50. The van der Waals surface area contributed by atoms with Crippen LogP contribution in [-0.4, -0.2) is 58.6 Å². The first-order valence-electron chi connectivity index (χ1n) is 12.5. The average molecular weight is 585 g/mol. The van der Waals surface area contributed by atoms with Crippen LogP contribution in [0.5, 0.6) is 0 Å². The number of carbonyl (C=O) groups excluding carboxylic acids is 1. The van der Waals surface area contributed by atoms with Crippen LogP contribution < -0.4 is 0 Å². The normalized spacial score (nSPS) is 23.3. The summed E-state index contributed by atoms with van der Waals surface area (Å²) < 4.78 is 26.3. The molecule has 0 saturated carbocycles. The number of carboxylic acids is 1. The van der Waals surface area contributed by atoms with Gasteiger partial charge in [-0.25, -0.2) is 8.42 Å². The predicted molar refractivity (Wildman–Crippen MR) is 149 cm³/mol. The molecule has 208 valence electrons. The van der Waals surface area contributed by atoms with E-state index in [9.17, 15) is 28.2 Å². The summed E-state index contributed by atoms with van der Waals surface area (Å²) in [5.74, 6) is -2.73. The first-order chi connectivity index (χ1) is 17.5. The minimum Gasteiger partial charge on any atom is -0.481 e. The molecule has 4 atom stereocenters. The first-order valence-corrected chi connectivity index (χ1v) is 15.1. The Labute approximate surface area is 234 Å². The minimum absolute atomic E-state index is 0.231. The molecule has 0 unspecified atom stereocenters. The number of carboxylic acid groups (broad SMARTS) is 1. The second-order valence-electron chi connectivity index (χ2n) is 11.1. The van der Waals surface area contributed by atoms with E-state index in [2.05, 4.69) is 0 Å². The number of aliphatic carboxylic acids is 1. The quantitative estimate of drug-likeness (QED) is 0.382. The topological polar surface area (TPSA) is 112 Å². The summed E-state index contributed by atoms with van der Waals surface area (Å²) in [5, 5.41) is 20.9. The van der Waals surface area contributed by atoms with Crippen LogP contribution in [0.15, 0.2) is 48.5 Å². The van der Waals surface area contributed by atoms with Crippen molar-refractivity contribution in [1.82, 2.24) is 4.90 Å². The van der Waals surface area contributed by atoms with Gasteiger partial charge in [-0.1, -0.05) is 61.3 Å². The van der Waals surface area contributed by atoms with Crippen LogP contribution in [0.3, 0.4) is 0 Å². The number of amides is 1. The van der Waals surface area contributed by atoms with Gasteiger partial charge in [0, 0.05) is 22.0 Å². The number of halogens is 2. The molecule has 10 heteroatoms. The van der Waals surface area contributed by atoms with E-state index in [1.165, 1.54) is 13.8 Å². The van der Waals surface area contributed by atoms with Crippen molar-refractivity contribution in [2.75, 3.05) is 11.5 Å². The Morgan fingerprint density at radius 3 is 2.29 bits per heavy atom. The van der Waals surface area contributed by atoms with Gasteiger partial charge in [0.1, 0.15) is 0 Å². The van der Waals surface area contributed by atoms with E-state index in [1.807, 2.05) is 18.2 Å². The number of piperidine rings is 1. The zero-order valence-electron chi connectivity index (χ0n) is 22.0. The van der Waals surface area contributed by atoms with Gasteiger partial charge in [0.15, 0.2) is 9.84 Å². The molecule has 2 aromatic rings. The van der Waals surface area contributed by atoms with Gasteiger partial charge in [-0.3, -0.25) is 9.59 Å². The third kappa shape index (κ3) is 7.29. The Bertz CT molecular complexity index is 1270. The second-order valence-corrected chi connectivity index (χ2v) is 14.1. The van der Waals surface area contributed by atoms with Crippen LogP contribution in [0, 0.1) is 5.41 Å². The van der Waals surface area contributed by atoms with Gasteiger partial charge in [-0.05, 0) is 62.1 Å². The highest BCUT2D eigenvalue weighted by Crippen LogP contribution is 2.52. The molecule has 0 radical (unpaired) electrons. The molecule has 1 aliphatic rings. The van der Waals surface area contributed by atoms with E-state index in [4.69, 9.17) is 23.2 Å². The Balaban J connectivity index is 2.23. The fraction of sp³-hybridized carbons (Fsp3) is 0.500. The number of benzene rings is 2. The van der Waals surface area contributed by atoms with E-state index < -0.39 is 57.0 Å². The molecule has 1 amide bonds. The summed E-state index contributed by atoms with van der Waals surface area (Å²) in [5.41, 5.74) is -1.15. The van der Waals surface area contributed by atoms with Crippen molar-refractivity contribution in [3.05, 3.63) is 69.7 Å². The molecule has 1 heterocycles. The van der Waals surface area contributed by atoms with Crippen molar-refractivity contribution in [3.8, 4) is 0 Å². The lowest BCUT2D eigenvalue weighted by Gasteiger charge is -2.51. The lowest BCUT2D eigenvalue weighted by molar-refractivity contribution is -0.160. The average Bonchev–Trinajstić information content (AvgIpc) is 2.78. The van der Waals surface area contributed by atoms with Gasteiger partial charge in [0.05, 0.1) is 35.0 Å². The molecular formula is C28H35Cl2NO6S. The molecule has 38 heavy (non-hydrogen) atoms. The van der Waals surface area contributed by atoms with Crippen LogP contribution in [0.4, 0.5) is 0 Å². The summed E-state index contributed by atoms with van der Waals surface area (Å²) in [6.45, 7) is 6.28. The van der Waals surface area contributed by atoms with Gasteiger partial charge in [0.25, 0.3) is 0 Å². The van der Waals surface area contributed by atoms with Crippen LogP contribution in [0.2, 0.25) is 10.0 Å². The highest BCUT2D eigenvalue weighted by Gasteiger charge is 2.52. The molecule has 1 aliphatic heterocycles. The minimum atomic E-state index is -3.79. The monoisotopic (exact) mass is 583 g/mol. The van der Waals surface area contributed by atoms with E-state index in [0.29, 0.717) is 16.5 Å². The van der Waals surface area contributed by atoms with Crippen molar-refractivity contribution in [3.63, 3.8) is 0 Å². The van der Waals surface area contributed by atoms with Crippen molar-refractivity contribution >= 4 is 44.9 Å². The zero-order chi connectivity index (χ0) is 28.5. The Morgan fingerprint density at radius 2 is 1.76 bits per heavy atom. The number of carbonyl (C=O) groups is 2. The number of nitrogens with zero attached hydrogens (tertiary/aromatic N) is 1. The highest BCUT2D eigenvalue weighted by molar-refractivity contribution is 7.91. The maximum Gasteiger partial charge on any atom is 0.304 e. The third-order valence-electron chi connectivity index (χ3n) is 7.02. The number of hydrogen-bond acceptors (Lipinski definition) is 5. The lowest BCUT2D eigenvalue weighted by Crippen LogP contribution is -2.57. The van der Waals surface area contributed by atoms with Crippen molar-refractivity contribution in [2.24, 2.45) is 5.41 Å². The molecule has 2 N–H and O–H groups in total. The maximum atomic E-state index is 14.2. The molecule has 1 saturated heterocycles. The Hall–Kier alpha value is -2.13. The smallest absolute Gasteiger partial charge is 0.304 e. The zero-order valence-corrected chi connectivity index (χ0v) is 24.4. The van der Waals surface area contributed by atoms with Gasteiger partial charge < -0.3 is 15.1 Å². The number of hydrogen-bond donors (Lipinski definition) is 2. The van der Waals surface area contributed by atoms with Gasteiger partial charge in [-0.15, -0.1) is 0 Å². The summed E-state index contributed by atoms with van der Waals surface area (Å²) in [4.78, 5) is 27.7. The van der Waals surface area contributed by atoms with Crippen molar-refractivity contribution < 1.29 is 28.2 Å². The Morgan fingerprint density at radius 1 is 1.13 bits per heavy atom. The van der Waals surface area contributed by atoms with Gasteiger partial charge in [-0.2, -0.15) is 0 Å². The number of aliphatic hydroxyl groups is 1. The molecule has 0 aliphatic carbocycles. The maximum absolute atomic E-state index is 14.2. The second kappa shape index (κ2) is 11.5. The van der Waals surface area contributed by atoms with E-state index in [0.717, 1.165) is 11.1 Å². The van der Waals surface area contributed by atoms with Crippen LogP contribution in [0.25, 0.3) is 0 Å². The van der Waals surface area contributed by atoms with E-state index >= 15 is 0 Å². The SMILES string of the molecule is CC[C@@H](CS(=O)(=O)CC(C)(C)O)N1C(=O)[C@@](C)(CC(=O)O)C[C@H](c2cccc(Cl)c2)[C@H]1c1ccc(Cl)cc1. The fourth-order valence-corrected chi connectivity index (χ4v) is 8.07. The van der Waals surface area contributed by atoms with Gasteiger partial charge in [0.2, 0.25) is 5.91 Å². The van der Waals surface area contributed by atoms with Crippen LogP contribution >= 0.6 is 23.2 Å². The first kappa shape index (κ1) is 30.4. The molecule has 0 spiro atoms. The highest BCUT2D eigenvalue weighted by atomic mass is 35.5. The Kier molecular flexibility index (Phi) is 9.24. The number of rotatable bonds is 10. The lowest BCUT2D eigenvalue weighted by atomic mass is 9.67. The standard InChI is InChI=1S/C28H35Cl2NO6S/c1-5-22(16-38(36,37)17-27(2,3)35)31-25(18-9-11-20(29)12-10-18)23(19-7-6-8-21(30)13-19)14-28(4,26(31)34)15-24(32)33/h6-13,22-23,25,35H,5,14-17H2,1-4H3,(H,32,33)/t22-,23+,25+,28+/m0/s1. The van der Waals surface area contributed by atoms with E-state index in [1.54, 1.807) is 49.1 Å². The van der Waals surface area contributed by atoms with Crippen LogP contribution in [-0.2, 0) is 19.4 Å². The van der Waals surface area contributed by atoms with Gasteiger partial charge >= 0.3 is 5.97 Å². The summed E-state index contributed by atoms with van der Waals surface area (Å²) in [7, 11) is -3.79. The summed E-state index contributed by atoms with van der Waals surface area (Å²) in [6, 6.07) is 12.9. The fourth-order valence-electron chi connectivity index (χ4n) is 5.57. The summed E-state index contributed by atoms with van der Waals surface area (Å²) in [6.07, 6.45) is 0.140. The third-order valence-corrected chi connectivity index (χ3v) is 9.54. The van der Waals surface area contributed by atoms with Crippen molar-refractivity contribution in [1.29, 1.82) is 0 Å². The number of likely N-dealkylation sites (tertiary alicyclic amines) is 1. The summed E-state index contributed by atoms with van der Waals surface area (Å²) >= 11 is 12.5. The molecular weight excluding hydrogens is 549 g/mol. The molecule has 2 aromatic carbocycles. The van der Waals surface area contributed by atoms with Crippen LogP contribution in [0.1, 0.15) is 70.0 Å². The van der Waals surface area contributed by atoms with Crippen molar-refractivity contribution in [2.45, 2.75) is 70.6 Å². The molecule has 1 fully saturated rings.